The van der Waals surface area contributed by atoms with Crippen LogP contribution in [0.25, 0.3) is 0 Å². The van der Waals surface area contributed by atoms with E-state index in [4.69, 9.17) is 14.7 Å². The van der Waals surface area contributed by atoms with E-state index < -0.39 is 0 Å². The van der Waals surface area contributed by atoms with Gasteiger partial charge in [-0.1, -0.05) is 6.07 Å². The molecule has 0 aliphatic carbocycles. The van der Waals surface area contributed by atoms with E-state index in [0.717, 1.165) is 10.5 Å². The molecule has 6 heteroatoms. The summed E-state index contributed by atoms with van der Waals surface area (Å²) in [7, 11) is 3.20. The van der Waals surface area contributed by atoms with Crippen molar-refractivity contribution >= 4 is 17.7 Å². The fraction of sp³-hybridized carbons (Fsp3) is 0.263. The Kier molecular flexibility index (Phi) is 7.17. The number of carbonyl (C=O) groups is 1. The van der Waals surface area contributed by atoms with E-state index in [9.17, 15) is 4.79 Å². The Balaban J connectivity index is 1.75. The van der Waals surface area contributed by atoms with Gasteiger partial charge in [0, 0.05) is 11.4 Å². The smallest absolute Gasteiger partial charge is 0.230 e. The van der Waals surface area contributed by atoms with Crippen LogP contribution in [-0.2, 0) is 11.2 Å². The summed E-state index contributed by atoms with van der Waals surface area (Å²) in [5.74, 6) is 1.70. The van der Waals surface area contributed by atoms with Gasteiger partial charge in [0.25, 0.3) is 0 Å². The molecule has 1 N–H and O–H groups in total. The fourth-order valence-corrected chi connectivity index (χ4v) is 2.94. The van der Waals surface area contributed by atoms with Gasteiger partial charge in [0.1, 0.15) is 0 Å². The molecular formula is C19H20N2O3S. The van der Waals surface area contributed by atoms with Crippen LogP contribution < -0.4 is 14.8 Å². The normalized spacial score (nSPS) is 9.96. The Morgan fingerprint density at radius 2 is 1.84 bits per heavy atom. The molecule has 0 spiro atoms. The molecule has 25 heavy (non-hydrogen) atoms. The van der Waals surface area contributed by atoms with E-state index in [1.165, 1.54) is 11.8 Å². The molecule has 130 valence electrons. The monoisotopic (exact) mass is 356 g/mol. The number of carbonyl (C=O) groups excluding carboxylic acids is 1. The van der Waals surface area contributed by atoms with E-state index in [2.05, 4.69) is 11.4 Å². The van der Waals surface area contributed by atoms with Crippen molar-refractivity contribution in [3.05, 3.63) is 53.6 Å². The van der Waals surface area contributed by atoms with E-state index in [0.29, 0.717) is 35.8 Å². The first kappa shape index (κ1) is 18.7. The van der Waals surface area contributed by atoms with Crippen LogP contribution in [0.2, 0.25) is 0 Å². The highest BCUT2D eigenvalue weighted by atomic mass is 32.2. The summed E-state index contributed by atoms with van der Waals surface area (Å²) in [6.07, 6.45) is 0.716. The minimum atomic E-state index is -0.0187. The summed E-state index contributed by atoms with van der Waals surface area (Å²) in [4.78, 5) is 12.9. The molecule has 0 fully saturated rings. The van der Waals surface area contributed by atoms with E-state index >= 15 is 0 Å². The van der Waals surface area contributed by atoms with Gasteiger partial charge in [-0.05, 0) is 48.4 Å². The van der Waals surface area contributed by atoms with Gasteiger partial charge in [0.15, 0.2) is 11.5 Å². The number of amides is 1. The minimum Gasteiger partial charge on any atom is -0.493 e. The van der Waals surface area contributed by atoms with Crippen molar-refractivity contribution < 1.29 is 14.3 Å². The zero-order valence-electron chi connectivity index (χ0n) is 14.2. The van der Waals surface area contributed by atoms with Crippen LogP contribution >= 0.6 is 11.8 Å². The van der Waals surface area contributed by atoms with Gasteiger partial charge in [0.2, 0.25) is 5.91 Å². The van der Waals surface area contributed by atoms with Gasteiger partial charge in [-0.3, -0.25) is 4.79 Å². The predicted molar refractivity (Wildman–Crippen MR) is 98.1 cm³/mol. The molecule has 0 heterocycles. The third-order valence-corrected chi connectivity index (χ3v) is 4.55. The Morgan fingerprint density at radius 1 is 1.12 bits per heavy atom. The van der Waals surface area contributed by atoms with Gasteiger partial charge >= 0.3 is 0 Å². The largest absolute Gasteiger partial charge is 0.493 e. The number of thioether (sulfide) groups is 1. The number of ether oxygens (including phenoxy) is 2. The number of nitrogens with one attached hydrogen (secondary N) is 1. The van der Waals surface area contributed by atoms with E-state index in [1.54, 1.807) is 26.4 Å². The lowest BCUT2D eigenvalue weighted by Gasteiger charge is -2.10. The second-order valence-electron chi connectivity index (χ2n) is 5.21. The maximum atomic E-state index is 11.9. The number of methoxy groups -OCH3 is 2. The number of nitriles is 1. The lowest BCUT2D eigenvalue weighted by atomic mass is 10.1. The standard InChI is InChI=1S/C19H20N2O3S/c1-23-17-8-5-14(11-18(17)24-2)9-10-21-19(22)13-25-16-6-3-15(12-20)4-7-16/h3-8,11H,9-10,13H2,1-2H3,(H,21,22). The molecule has 2 aromatic rings. The first-order chi connectivity index (χ1) is 12.2. The second kappa shape index (κ2) is 9.60. The van der Waals surface area contributed by atoms with Crippen molar-refractivity contribution in [1.82, 2.24) is 5.32 Å². The molecule has 0 aliphatic rings. The molecule has 0 saturated heterocycles. The molecule has 0 saturated carbocycles. The highest BCUT2D eigenvalue weighted by Gasteiger charge is 2.06. The quantitative estimate of drug-likeness (QED) is 0.736. The summed E-state index contributed by atoms with van der Waals surface area (Å²) < 4.78 is 10.5. The van der Waals surface area contributed by atoms with E-state index in [-0.39, 0.29) is 5.91 Å². The zero-order chi connectivity index (χ0) is 18.1. The lowest BCUT2D eigenvalue weighted by molar-refractivity contribution is -0.118. The Morgan fingerprint density at radius 3 is 2.48 bits per heavy atom. The van der Waals surface area contributed by atoms with E-state index in [1.807, 2.05) is 30.3 Å². The fourth-order valence-electron chi connectivity index (χ4n) is 2.21. The van der Waals surface area contributed by atoms with Crippen molar-refractivity contribution in [2.24, 2.45) is 0 Å². The molecule has 0 bridgehead atoms. The van der Waals surface area contributed by atoms with Crippen LogP contribution in [0.5, 0.6) is 11.5 Å². The summed E-state index contributed by atoms with van der Waals surface area (Å²) in [6.45, 7) is 0.558. The van der Waals surface area contributed by atoms with Crippen molar-refractivity contribution in [1.29, 1.82) is 5.26 Å². The average Bonchev–Trinajstić information content (AvgIpc) is 2.66. The first-order valence-electron chi connectivity index (χ1n) is 7.77. The number of nitrogens with zero attached hydrogens (tertiary/aromatic N) is 1. The van der Waals surface area contributed by atoms with Crippen LogP contribution in [0.4, 0.5) is 0 Å². The van der Waals surface area contributed by atoms with Crippen molar-refractivity contribution in [3.63, 3.8) is 0 Å². The minimum absolute atomic E-state index is 0.0187. The third-order valence-electron chi connectivity index (χ3n) is 3.54. The first-order valence-corrected chi connectivity index (χ1v) is 8.75. The molecule has 5 nitrogen and oxygen atoms in total. The molecule has 0 aliphatic heterocycles. The molecule has 2 aromatic carbocycles. The molecule has 0 radical (unpaired) electrons. The summed E-state index contributed by atoms with van der Waals surface area (Å²) in [6, 6.07) is 15.0. The van der Waals surface area contributed by atoms with Crippen LogP contribution in [0, 0.1) is 11.3 Å². The van der Waals surface area contributed by atoms with Gasteiger partial charge in [-0.25, -0.2) is 0 Å². The summed E-state index contributed by atoms with van der Waals surface area (Å²) in [5.41, 5.74) is 1.68. The Labute approximate surface area is 151 Å². The van der Waals surface area contributed by atoms with Gasteiger partial charge in [0.05, 0.1) is 31.6 Å². The molecule has 2 rings (SSSR count). The Bertz CT molecular complexity index is 754. The van der Waals surface area contributed by atoms with Gasteiger partial charge < -0.3 is 14.8 Å². The van der Waals surface area contributed by atoms with Crippen molar-refractivity contribution in [2.45, 2.75) is 11.3 Å². The van der Waals surface area contributed by atoms with Crippen molar-refractivity contribution in [3.8, 4) is 17.6 Å². The van der Waals surface area contributed by atoms with Gasteiger partial charge in [-0.2, -0.15) is 5.26 Å². The molecule has 0 atom stereocenters. The number of hydrogen-bond acceptors (Lipinski definition) is 5. The van der Waals surface area contributed by atoms with Crippen LogP contribution in [0.15, 0.2) is 47.4 Å². The lowest BCUT2D eigenvalue weighted by Crippen LogP contribution is -2.27. The maximum Gasteiger partial charge on any atom is 0.230 e. The van der Waals surface area contributed by atoms with Crippen LogP contribution in [-0.4, -0.2) is 32.4 Å². The van der Waals surface area contributed by atoms with Gasteiger partial charge in [-0.15, -0.1) is 11.8 Å². The topological polar surface area (TPSA) is 71.3 Å². The van der Waals surface area contributed by atoms with Crippen LogP contribution in [0.1, 0.15) is 11.1 Å². The SMILES string of the molecule is COc1ccc(CCNC(=O)CSc2ccc(C#N)cc2)cc1OC. The highest BCUT2D eigenvalue weighted by Crippen LogP contribution is 2.27. The maximum absolute atomic E-state index is 11.9. The molecular weight excluding hydrogens is 336 g/mol. The average molecular weight is 356 g/mol. The highest BCUT2D eigenvalue weighted by molar-refractivity contribution is 8.00. The van der Waals surface area contributed by atoms with Crippen molar-refractivity contribution in [2.75, 3.05) is 26.5 Å². The third kappa shape index (κ3) is 5.73. The number of hydrogen-bond donors (Lipinski definition) is 1. The number of benzene rings is 2. The Hall–Kier alpha value is -2.65. The molecule has 1 amide bonds. The zero-order valence-corrected chi connectivity index (χ0v) is 15.1. The second-order valence-corrected chi connectivity index (χ2v) is 6.26. The molecule has 0 unspecified atom stereocenters. The summed E-state index contributed by atoms with van der Waals surface area (Å²) in [5, 5.41) is 11.7. The van der Waals surface area contributed by atoms with Crippen LogP contribution in [0.3, 0.4) is 0 Å². The summed E-state index contributed by atoms with van der Waals surface area (Å²) >= 11 is 1.45. The predicted octanol–water partition coefficient (Wildman–Crippen LogP) is 3.03. The molecule has 0 aromatic heterocycles. The number of rotatable bonds is 8.